The molecule has 1 aromatic rings. The van der Waals surface area contributed by atoms with Crippen molar-refractivity contribution in [2.75, 3.05) is 0 Å². The van der Waals surface area contributed by atoms with Crippen LogP contribution in [0.1, 0.15) is 9.67 Å². The predicted octanol–water partition coefficient (Wildman–Crippen LogP) is 1.30. The molecule has 0 spiro atoms. The van der Waals surface area contributed by atoms with Gasteiger partial charge in [0.05, 0.1) is 0 Å². The van der Waals surface area contributed by atoms with Crippen molar-refractivity contribution in [1.82, 2.24) is 0 Å². The summed E-state index contributed by atoms with van der Waals surface area (Å²) in [5.74, 6) is -1.11. The highest BCUT2D eigenvalue weighted by molar-refractivity contribution is 7.12. The zero-order valence-electron chi connectivity index (χ0n) is 4.77. The van der Waals surface area contributed by atoms with Crippen LogP contribution in [0, 0.1) is 0 Å². The van der Waals surface area contributed by atoms with E-state index in [-0.39, 0.29) is 10.6 Å². The highest BCUT2D eigenvalue weighted by Crippen LogP contribution is 2.23. The molecule has 0 saturated heterocycles. The van der Waals surface area contributed by atoms with E-state index in [2.05, 4.69) is 4.89 Å². The molecule has 2 N–H and O–H groups in total. The van der Waals surface area contributed by atoms with Crippen LogP contribution in [0.4, 0.5) is 0 Å². The van der Waals surface area contributed by atoms with Crippen LogP contribution in [0.25, 0.3) is 0 Å². The number of rotatable bonds is 2. The lowest BCUT2D eigenvalue weighted by atomic mass is 10.4. The maximum absolute atomic E-state index is 10.3. The molecule has 0 amide bonds. The van der Waals surface area contributed by atoms with E-state index < -0.39 is 5.97 Å². The van der Waals surface area contributed by atoms with E-state index in [1.165, 1.54) is 11.4 Å². The Morgan fingerprint density at radius 1 is 1.70 bits per heavy atom. The van der Waals surface area contributed by atoms with E-state index in [9.17, 15) is 4.79 Å². The van der Waals surface area contributed by atoms with Crippen LogP contribution in [-0.4, -0.2) is 16.3 Å². The number of carbonyl (C=O) groups is 1. The number of hydrogen-bond acceptors (Lipinski definition) is 4. The van der Waals surface area contributed by atoms with Gasteiger partial charge in [-0.3, -0.25) is 0 Å². The Morgan fingerprint density at radius 3 is 2.80 bits per heavy atom. The van der Waals surface area contributed by atoms with Crippen LogP contribution in [-0.2, 0) is 0 Å². The third-order valence-electron chi connectivity index (χ3n) is 0.922. The fraction of sp³-hybridized carbons (Fsp3) is 0. The van der Waals surface area contributed by atoms with Crippen molar-refractivity contribution in [3.8, 4) is 5.75 Å². The van der Waals surface area contributed by atoms with Gasteiger partial charge < -0.3 is 9.99 Å². The summed E-state index contributed by atoms with van der Waals surface area (Å²) in [6.45, 7) is 0. The number of carboxylic acid groups (broad SMARTS) is 1. The molecule has 1 rings (SSSR count). The summed E-state index contributed by atoms with van der Waals surface area (Å²) in [6.07, 6.45) is 0. The minimum absolute atomic E-state index is 0.00231. The first-order valence-electron chi connectivity index (χ1n) is 2.38. The highest BCUT2D eigenvalue weighted by atomic mass is 32.1. The molecule has 0 unspecified atom stereocenters. The summed E-state index contributed by atoms with van der Waals surface area (Å²) < 4.78 is 0. The summed E-state index contributed by atoms with van der Waals surface area (Å²) >= 11 is 0.998. The molecule has 1 heterocycles. The zero-order valence-corrected chi connectivity index (χ0v) is 5.59. The van der Waals surface area contributed by atoms with Gasteiger partial charge in [-0.2, -0.15) is 0 Å². The summed E-state index contributed by atoms with van der Waals surface area (Å²) in [5.41, 5.74) is 0. The second-order valence-electron chi connectivity index (χ2n) is 1.51. The molecule has 0 aromatic carbocycles. The topological polar surface area (TPSA) is 66.8 Å². The number of thiophene rings is 1. The predicted molar refractivity (Wildman–Crippen MR) is 34.5 cm³/mol. The molecule has 0 aliphatic carbocycles. The molecule has 0 fully saturated rings. The monoisotopic (exact) mass is 160 g/mol. The molecule has 0 bridgehead atoms. The molecule has 54 valence electrons. The van der Waals surface area contributed by atoms with E-state index in [0.29, 0.717) is 0 Å². The Balaban J connectivity index is 3.01. The fourth-order valence-corrected chi connectivity index (χ4v) is 1.18. The molecule has 10 heavy (non-hydrogen) atoms. The lowest BCUT2D eigenvalue weighted by Crippen LogP contribution is -1.95. The van der Waals surface area contributed by atoms with E-state index in [4.69, 9.17) is 10.4 Å². The maximum atomic E-state index is 10.3. The molecule has 1 aromatic heterocycles. The first kappa shape index (κ1) is 7.04. The average Bonchev–Trinajstić information content (AvgIpc) is 2.33. The number of aromatic carboxylic acids is 1. The van der Waals surface area contributed by atoms with E-state index in [1.54, 1.807) is 0 Å². The molecule has 4 nitrogen and oxygen atoms in total. The minimum Gasteiger partial charge on any atom is -0.477 e. The van der Waals surface area contributed by atoms with Crippen LogP contribution >= 0.6 is 11.3 Å². The van der Waals surface area contributed by atoms with Crippen LogP contribution in [0.2, 0.25) is 0 Å². The Hall–Kier alpha value is -1.07. The van der Waals surface area contributed by atoms with E-state index >= 15 is 0 Å². The quantitative estimate of drug-likeness (QED) is 0.505. The van der Waals surface area contributed by atoms with Gasteiger partial charge in [-0.25, -0.2) is 10.1 Å². The normalized spacial score (nSPS) is 9.30. The number of carboxylic acids is 1. The van der Waals surface area contributed by atoms with Gasteiger partial charge in [-0.05, 0) is 11.4 Å². The van der Waals surface area contributed by atoms with Crippen molar-refractivity contribution in [3.05, 3.63) is 16.3 Å². The summed E-state index contributed by atoms with van der Waals surface area (Å²) in [6, 6.07) is 1.38. The molecule has 0 atom stereocenters. The Morgan fingerprint density at radius 2 is 2.40 bits per heavy atom. The smallest absolute Gasteiger partial charge is 0.349 e. The molecular weight excluding hydrogens is 156 g/mol. The van der Waals surface area contributed by atoms with Gasteiger partial charge in [0.2, 0.25) is 0 Å². The van der Waals surface area contributed by atoms with Crippen LogP contribution < -0.4 is 4.89 Å². The standard InChI is InChI=1S/C5H4O4S/c6-5(7)4-3(9-8)1-2-10-4/h1-2,8H,(H,6,7). The van der Waals surface area contributed by atoms with E-state index in [1.807, 2.05) is 0 Å². The number of hydrogen-bond donors (Lipinski definition) is 2. The summed E-state index contributed by atoms with van der Waals surface area (Å²) in [7, 11) is 0. The summed E-state index contributed by atoms with van der Waals surface area (Å²) in [4.78, 5) is 14.0. The van der Waals surface area contributed by atoms with Crippen LogP contribution in [0.5, 0.6) is 5.75 Å². The van der Waals surface area contributed by atoms with Gasteiger partial charge >= 0.3 is 5.97 Å². The average molecular weight is 160 g/mol. The van der Waals surface area contributed by atoms with Crippen molar-refractivity contribution in [2.24, 2.45) is 0 Å². The van der Waals surface area contributed by atoms with Gasteiger partial charge in [0.15, 0.2) is 10.6 Å². The van der Waals surface area contributed by atoms with Crippen LogP contribution in [0.15, 0.2) is 11.4 Å². The third-order valence-corrected chi connectivity index (χ3v) is 1.81. The SMILES string of the molecule is O=C(O)c1sccc1OO. The second kappa shape index (κ2) is 2.68. The zero-order chi connectivity index (χ0) is 7.56. The largest absolute Gasteiger partial charge is 0.477 e. The van der Waals surface area contributed by atoms with Crippen molar-refractivity contribution in [2.45, 2.75) is 0 Å². The van der Waals surface area contributed by atoms with Crippen LogP contribution in [0.3, 0.4) is 0 Å². The molecule has 5 heteroatoms. The Bertz CT molecular complexity index is 242. The van der Waals surface area contributed by atoms with Crippen molar-refractivity contribution in [3.63, 3.8) is 0 Å². The summed E-state index contributed by atoms with van der Waals surface area (Å²) in [5, 5.41) is 18.0. The third kappa shape index (κ3) is 1.09. The lowest BCUT2D eigenvalue weighted by molar-refractivity contribution is -0.137. The molecule has 0 aliphatic heterocycles. The van der Waals surface area contributed by atoms with Crippen molar-refractivity contribution >= 4 is 17.3 Å². The second-order valence-corrected chi connectivity index (χ2v) is 2.43. The minimum atomic E-state index is -1.10. The lowest BCUT2D eigenvalue weighted by Gasteiger charge is -1.91. The maximum Gasteiger partial charge on any atom is 0.349 e. The molecule has 0 radical (unpaired) electrons. The molecule has 0 saturated carbocycles. The first-order chi connectivity index (χ1) is 4.75. The Kier molecular flexibility index (Phi) is 1.88. The van der Waals surface area contributed by atoms with E-state index in [0.717, 1.165) is 11.3 Å². The Labute approximate surface area is 60.2 Å². The van der Waals surface area contributed by atoms with Gasteiger partial charge in [0.25, 0.3) is 0 Å². The van der Waals surface area contributed by atoms with Gasteiger partial charge in [0.1, 0.15) is 0 Å². The van der Waals surface area contributed by atoms with Crippen molar-refractivity contribution in [1.29, 1.82) is 0 Å². The highest BCUT2D eigenvalue weighted by Gasteiger charge is 2.12. The first-order valence-corrected chi connectivity index (χ1v) is 3.26. The van der Waals surface area contributed by atoms with Crippen molar-refractivity contribution < 1.29 is 20.0 Å². The fourth-order valence-electron chi connectivity index (χ4n) is 0.525. The van der Waals surface area contributed by atoms with Gasteiger partial charge in [0, 0.05) is 0 Å². The van der Waals surface area contributed by atoms with Gasteiger partial charge in [-0.15, -0.1) is 11.3 Å². The van der Waals surface area contributed by atoms with Gasteiger partial charge in [-0.1, -0.05) is 0 Å². The molecule has 0 aliphatic rings. The molecular formula is C5H4O4S.